The minimum atomic E-state index is -0.824. The van der Waals surface area contributed by atoms with E-state index in [0.29, 0.717) is 24.4 Å². The van der Waals surface area contributed by atoms with Crippen LogP contribution in [0.1, 0.15) is 36.0 Å². The zero-order valence-electron chi connectivity index (χ0n) is 17.3. The van der Waals surface area contributed by atoms with E-state index in [1.54, 1.807) is 0 Å². The van der Waals surface area contributed by atoms with Gasteiger partial charge in [0.2, 0.25) is 17.6 Å². The fraction of sp³-hybridized carbons (Fsp3) is 0.500. The predicted octanol–water partition coefficient (Wildman–Crippen LogP) is -0.484. The summed E-state index contributed by atoms with van der Waals surface area (Å²) in [5.74, 6) is -1.05. The highest BCUT2D eigenvalue weighted by Gasteiger charge is 2.39. The van der Waals surface area contributed by atoms with Crippen molar-refractivity contribution in [1.29, 1.82) is 0 Å². The molecular formula is C20H28N6O4S. The summed E-state index contributed by atoms with van der Waals surface area (Å²) in [6, 6.07) is 5.79. The molecular weight excluding hydrogens is 420 g/mol. The molecule has 1 fully saturated rings. The van der Waals surface area contributed by atoms with Crippen LogP contribution in [-0.4, -0.2) is 70.2 Å². The Balaban J connectivity index is 1.75. The molecule has 0 aliphatic carbocycles. The molecule has 1 saturated heterocycles. The molecule has 0 radical (unpaired) electrons. The van der Waals surface area contributed by atoms with Gasteiger partial charge in [-0.2, -0.15) is 0 Å². The first kappa shape index (κ1) is 23.2. The molecule has 2 aromatic rings. The van der Waals surface area contributed by atoms with Gasteiger partial charge in [-0.15, -0.1) is 11.3 Å². The van der Waals surface area contributed by atoms with Crippen molar-refractivity contribution in [3.63, 3.8) is 0 Å². The number of rotatable bonds is 9. The molecule has 0 spiro atoms. The van der Waals surface area contributed by atoms with Gasteiger partial charge in [0.15, 0.2) is 5.01 Å². The molecule has 2 amide bonds. The van der Waals surface area contributed by atoms with Crippen LogP contribution < -0.4 is 22.1 Å². The van der Waals surface area contributed by atoms with Gasteiger partial charge in [0.25, 0.3) is 0 Å². The van der Waals surface area contributed by atoms with Gasteiger partial charge in [-0.3, -0.25) is 19.7 Å². The fourth-order valence-corrected chi connectivity index (χ4v) is 4.61. The molecule has 1 unspecified atom stereocenters. The smallest absolute Gasteiger partial charge is 0.243 e. The molecule has 7 N–H and O–H groups in total. The number of ketones is 1. The van der Waals surface area contributed by atoms with Crippen molar-refractivity contribution in [2.45, 2.75) is 50.7 Å². The highest BCUT2D eigenvalue weighted by molar-refractivity contribution is 7.20. The number of benzene rings is 1. The van der Waals surface area contributed by atoms with Crippen LogP contribution in [0.15, 0.2) is 24.3 Å². The van der Waals surface area contributed by atoms with E-state index in [9.17, 15) is 19.5 Å². The second kappa shape index (κ2) is 10.2. The van der Waals surface area contributed by atoms with Crippen molar-refractivity contribution in [2.24, 2.45) is 11.5 Å². The lowest BCUT2D eigenvalue weighted by Crippen LogP contribution is -2.51. The Hall–Kier alpha value is -2.44. The Morgan fingerprint density at radius 2 is 2.06 bits per heavy atom. The molecule has 1 aliphatic rings. The number of carbonyl (C=O) groups excluding carboxylic acids is 3. The summed E-state index contributed by atoms with van der Waals surface area (Å²) < 4.78 is 0.883. The number of β-amino-alcohol motifs (C(OH)–C–C–N with tert-alkyl or cyclic N) is 1. The number of nitrogens with two attached hydrogens (primary N) is 2. The second-order valence-corrected chi connectivity index (χ2v) is 8.64. The first-order valence-corrected chi connectivity index (χ1v) is 11.0. The normalized spacial score (nSPS) is 19.7. The Bertz CT molecular complexity index is 916. The Kier molecular flexibility index (Phi) is 7.68. The molecule has 3 rings (SSSR count). The number of nitrogens with zero attached hydrogens (tertiary/aromatic N) is 2. The third-order valence-electron chi connectivity index (χ3n) is 5.17. The molecule has 2 heterocycles. The number of aromatic nitrogens is 1. The van der Waals surface area contributed by atoms with E-state index in [-0.39, 0.29) is 24.7 Å². The summed E-state index contributed by atoms with van der Waals surface area (Å²) in [6.45, 7) is 1.92. The van der Waals surface area contributed by atoms with Gasteiger partial charge in [-0.05, 0) is 31.5 Å². The molecule has 3 atom stereocenters. The maximum Gasteiger partial charge on any atom is 0.243 e. The quantitative estimate of drug-likeness (QED) is 0.195. The molecule has 168 valence electrons. The third kappa shape index (κ3) is 5.83. The standard InChI is InChI=1S/C20H28N6O4S/c1-11(27)26-10-12(28)9-15(26)18(30)24-14(6-4-8-23-20(21)22)17(29)19-25-13-5-2-3-7-16(13)31-19/h2-3,5,7,12,14-15,20,23,28H,4,6,8-10,21-22H2,1H3,(H,24,30)/t12-,14?,15+/m1/s1. The maximum atomic E-state index is 13.2. The molecule has 1 aliphatic heterocycles. The van der Waals surface area contributed by atoms with E-state index in [0.717, 1.165) is 10.2 Å². The molecule has 1 aromatic heterocycles. The Morgan fingerprint density at radius 3 is 2.74 bits per heavy atom. The molecule has 0 bridgehead atoms. The van der Waals surface area contributed by atoms with Gasteiger partial charge in [0.05, 0.1) is 22.4 Å². The average molecular weight is 449 g/mol. The lowest BCUT2D eigenvalue weighted by atomic mass is 10.1. The summed E-state index contributed by atoms with van der Waals surface area (Å²) in [4.78, 5) is 43.7. The van der Waals surface area contributed by atoms with Gasteiger partial charge < -0.3 is 26.8 Å². The molecule has 31 heavy (non-hydrogen) atoms. The van der Waals surface area contributed by atoms with Crippen molar-refractivity contribution >= 4 is 39.2 Å². The van der Waals surface area contributed by atoms with E-state index in [1.165, 1.54) is 23.2 Å². The van der Waals surface area contributed by atoms with Crippen LogP contribution in [0.4, 0.5) is 0 Å². The number of likely N-dealkylation sites (tertiary alicyclic amines) is 1. The number of para-hydroxylation sites is 1. The largest absolute Gasteiger partial charge is 0.391 e. The van der Waals surface area contributed by atoms with Gasteiger partial charge >= 0.3 is 0 Å². The second-order valence-electron chi connectivity index (χ2n) is 7.61. The number of amides is 2. The number of nitrogens with one attached hydrogen (secondary N) is 2. The number of fused-ring (bicyclic) bond motifs is 1. The minimum absolute atomic E-state index is 0.0994. The molecule has 11 heteroatoms. The van der Waals surface area contributed by atoms with Crippen molar-refractivity contribution in [2.75, 3.05) is 13.1 Å². The van der Waals surface area contributed by atoms with Crippen molar-refractivity contribution in [3.8, 4) is 0 Å². The topological polar surface area (TPSA) is 164 Å². The van der Waals surface area contributed by atoms with E-state index in [4.69, 9.17) is 11.5 Å². The number of aliphatic hydroxyl groups excluding tert-OH is 1. The zero-order valence-corrected chi connectivity index (χ0v) is 18.1. The summed E-state index contributed by atoms with van der Waals surface area (Å²) in [5, 5.41) is 15.9. The van der Waals surface area contributed by atoms with Crippen LogP contribution in [0.25, 0.3) is 10.2 Å². The number of Topliss-reactive ketones (excluding diaryl/α,β-unsaturated/α-hetero) is 1. The molecule has 0 saturated carbocycles. The third-order valence-corrected chi connectivity index (χ3v) is 6.22. The summed E-state index contributed by atoms with van der Waals surface area (Å²) in [5.41, 5.74) is 11.7. The predicted molar refractivity (Wildman–Crippen MR) is 117 cm³/mol. The van der Waals surface area contributed by atoms with E-state index < -0.39 is 30.4 Å². The zero-order chi connectivity index (χ0) is 22.5. The highest BCUT2D eigenvalue weighted by atomic mass is 32.1. The van der Waals surface area contributed by atoms with Crippen molar-refractivity contribution in [1.82, 2.24) is 20.5 Å². The van der Waals surface area contributed by atoms with Crippen LogP contribution in [0.3, 0.4) is 0 Å². The van der Waals surface area contributed by atoms with Crippen LogP contribution in [0, 0.1) is 0 Å². The first-order chi connectivity index (χ1) is 14.8. The summed E-state index contributed by atoms with van der Waals surface area (Å²) >= 11 is 1.27. The van der Waals surface area contributed by atoms with Crippen LogP contribution in [0.5, 0.6) is 0 Å². The number of carbonyl (C=O) groups is 3. The Labute approximate surface area is 184 Å². The SMILES string of the molecule is CC(=O)N1C[C@H](O)C[C@H]1C(=O)NC(CCCNC(N)N)C(=O)c1nc2ccccc2s1. The maximum absolute atomic E-state index is 13.2. The van der Waals surface area contributed by atoms with E-state index in [2.05, 4.69) is 15.6 Å². The summed E-state index contributed by atoms with van der Waals surface area (Å²) in [7, 11) is 0. The molecule has 10 nitrogen and oxygen atoms in total. The monoisotopic (exact) mass is 448 g/mol. The minimum Gasteiger partial charge on any atom is -0.391 e. The van der Waals surface area contributed by atoms with Crippen LogP contribution in [0.2, 0.25) is 0 Å². The van der Waals surface area contributed by atoms with Crippen molar-refractivity contribution in [3.05, 3.63) is 29.3 Å². The fourth-order valence-electron chi connectivity index (χ4n) is 3.65. The van der Waals surface area contributed by atoms with E-state index >= 15 is 0 Å². The van der Waals surface area contributed by atoms with Gasteiger partial charge in [0.1, 0.15) is 12.3 Å². The number of aliphatic hydroxyl groups is 1. The van der Waals surface area contributed by atoms with Crippen LogP contribution >= 0.6 is 11.3 Å². The van der Waals surface area contributed by atoms with Gasteiger partial charge in [-0.1, -0.05) is 12.1 Å². The number of hydrogen-bond donors (Lipinski definition) is 5. The Morgan fingerprint density at radius 1 is 1.32 bits per heavy atom. The average Bonchev–Trinajstić information content (AvgIpc) is 3.33. The summed E-state index contributed by atoms with van der Waals surface area (Å²) in [6.07, 6.45) is -0.423. The number of thiazole rings is 1. The highest BCUT2D eigenvalue weighted by Crippen LogP contribution is 2.24. The first-order valence-electron chi connectivity index (χ1n) is 10.2. The lowest BCUT2D eigenvalue weighted by molar-refractivity contribution is -0.137. The molecule has 1 aromatic carbocycles. The van der Waals surface area contributed by atoms with Gasteiger partial charge in [0, 0.05) is 19.9 Å². The number of hydrogen-bond acceptors (Lipinski definition) is 9. The van der Waals surface area contributed by atoms with Crippen LogP contribution in [-0.2, 0) is 9.59 Å². The lowest BCUT2D eigenvalue weighted by Gasteiger charge is -2.25. The van der Waals surface area contributed by atoms with Crippen molar-refractivity contribution < 1.29 is 19.5 Å². The van der Waals surface area contributed by atoms with Gasteiger partial charge in [-0.25, -0.2) is 4.98 Å². The van der Waals surface area contributed by atoms with E-state index in [1.807, 2.05) is 24.3 Å².